The van der Waals surface area contributed by atoms with E-state index in [2.05, 4.69) is 6.92 Å². The second kappa shape index (κ2) is 3.92. The zero-order valence-electron chi connectivity index (χ0n) is 9.16. The summed E-state index contributed by atoms with van der Waals surface area (Å²) in [6, 6.07) is 0. The smallest absolute Gasteiger partial charge is 0.309 e. The Morgan fingerprint density at radius 3 is 2.64 bits per heavy atom. The van der Waals surface area contributed by atoms with E-state index in [0.29, 0.717) is 12.5 Å². The summed E-state index contributed by atoms with van der Waals surface area (Å²) < 4.78 is 5.13. The molecule has 0 aliphatic heterocycles. The fourth-order valence-corrected chi connectivity index (χ4v) is 3.43. The topological polar surface area (TPSA) is 26.3 Å². The molecule has 2 aliphatic carbocycles. The summed E-state index contributed by atoms with van der Waals surface area (Å²) in [5, 5.41) is 0. The minimum Gasteiger partial charge on any atom is -0.466 e. The summed E-state index contributed by atoms with van der Waals surface area (Å²) in [5.74, 6) is 2.58. The third-order valence-corrected chi connectivity index (χ3v) is 4.15. The summed E-state index contributed by atoms with van der Waals surface area (Å²) in [6.07, 6.45) is 4.87. The molecule has 2 nitrogen and oxygen atoms in total. The van der Waals surface area contributed by atoms with Crippen LogP contribution in [0.15, 0.2) is 0 Å². The molecule has 2 rings (SSSR count). The lowest BCUT2D eigenvalue weighted by Gasteiger charge is -2.17. The highest BCUT2D eigenvalue weighted by atomic mass is 16.5. The van der Waals surface area contributed by atoms with E-state index in [1.807, 2.05) is 6.92 Å². The quantitative estimate of drug-likeness (QED) is 0.635. The van der Waals surface area contributed by atoms with Crippen LogP contribution in [0.1, 0.15) is 39.5 Å². The molecule has 0 N–H and O–H groups in total. The van der Waals surface area contributed by atoms with Crippen LogP contribution in [0.3, 0.4) is 0 Å². The Morgan fingerprint density at radius 1 is 1.21 bits per heavy atom. The molecule has 0 aromatic heterocycles. The van der Waals surface area contributed by atoms with Gasteiger partial charge in [0.05, 0.1) is 12.5 Å². The van der Waals surface area contributed by atoms with Gasteiger partial charge in [-0.1, -0.05) is 13.3 Å². The highest BCUT2D eigenvalue weighted by Crippen LogP contribution is 2.50. The van der Waals surface area contributed by atoms with E-state index in [0.717, 1.165) is 18.3 Å². The van der Waals surface area contributed by atoms with Gasteiger partial charge < -0.3 is 4.74 Å². The van der Waals surface area contributed by atoms with Gasteiger partial charge in [0.25, 0.3) is 0 Å². The van der Waals surface area contributed by atoms with E-state index >= 15 is 0 Å². The normalized spacial score (nSPS) is 41.0. The first-order chi connectivity index (χ1) is 6.74. The van der Waals surface area contributed by atoms with Gasteiger partial charge in [0.15, 0.2) is 0 Å². The number of fused-ring (bicyclic) bond motifs is 1. The van der Waals surface area contributed by atoms with Crippen molar-refractivity contribution >= 4 is 5.97 Å². The van der Waals surface area contributed by atoms with Gasteiger partial charge in [0.2, 0.25) is 0 Å². The Hall–Kier alpha value is -0.530. The monoisotopic (exact) mass is 196 g/mol. The SMILES string of the molecule is CCOC(=O)C1CC[C@@H]2C(C)CC[C@H]12. The molecule has 0 aromatic rings. The number of carbonyl (C=O) groups is 1. The molecule has 0 amide bonds. The van der Waals surface area contributed by atoms with Crippen LogP contribution in [0.5, 0.6) is 0 Å². The average Bonchev–Trinajstić information content (AvgIpc) is 2.69. The fourth-order valence-electron chi connectivity index (χ4n) is 3.43. The van der Waals surface area contributed by atoms with E-state index in [1.54, 1.807) is 0 Å². The first-order valence-electron chi connectivity index (χ1n) is 5.90. The van der Waals surface area contributed by atoms with E-state index in [4.69, 9.17) is 4.74 Å². The van der Waals surface area contributed by atoms with Crippen molar-refractivity contribution in [1.82, 2.24) is 0 Å². The first kappa shape index (κ1) is 10.0. The van der Waals surface area contributed by atoms with Crippen LogP contribution >= 0.6 is 0 Å². The maximum absolute atomic E-state index is 11.7. The molecule has 2 unspecified atom stereocenters. The van der Waals surface area contributed by atoms with Crippen LogP contribution in [0.4, 0.5) is 0 Å². The molecule has 80 valence electrons. The average molecular weight is 196 g/mol. The molecule has 0 saturated heterocycles. The minimum absolute atomic E-state index is 0.0640. The van der Waals surface area contributed by atoms with Gasteiger partial charge in [-0.05, 0) is 43.9 Å². The highest BCUT2D eigenvalue weighted by molar-refractivity contribution is 5.73. The Morgan fingerprint density at radius 2 is 1.93 bits per heavy atom. The number of ether oxygens (including phenoxy) is 1. The molecule has 14 heavy (non-hydrogen) atoms. The van der Waals surface area contributed by atoms with E-state index in [9.17, 15) is 4.79 Å². The minimum atomic E-state index is 0.0640. The highest BCUT2D eigenvalue weighted by Gasteiger charge is 2.46. The van der Waals surface area contributed by atoms with Crippen molar-refractivity contribution in [3.8, 4) is 0 Å². The first-order valence-corrected chi connectivity index (χ1v) is 5.90. The Bertz CT molecular complexity index is 224. The van der Waals surface area contributed by atoms with Gasteiger partial charge in [0.1, 0.15) is 0 Å². The zero-order chi connectivity index (χ0) is 10.1. The number of hydrogen-bond donors (Lipinski definition) is 0. The molecule has 4 atom stereocenters. The lowest BCUT2D eigenvalue weighted by molar-refractivity contribution is -0.149. The number of carbonyl (C=O) groups excluding carboxylic acids is 1. The molecular formula is C12H20O2. The summed E-state index contributed by atoms with van der Waals surface area (Å²) in [7, 11) is 0. The molecule has 0 heterocycles. The van der Waals surface area contributed by atoms with E-state index in [1.165, 1.54) is 19.3 Å². The molecule has 0 radical (unpaired) electrons. The summed E-state index contributed by atoms with van der Waals surface area (Å²) in [5.41, 5.74) is 0. The lowest BCUT2D eigenvalue weighted by atomic mass is 9.90. The second-order valence-corrected chi connectivity index (χ2v) is 4.82. The predicted octanol–water partition coefficient (Wildman–Crippen LogP) is 2.62. The van der Waals surface area contributed by atoms with Gasteiger partial charge in [-0.15, -0.1) is 0 Å². The van der Waals surface area contributed by atoms with Crippen LogP contribution in [0.2, 0.25) is 0 Å². The van der Waals surface area contributed by atoms with Crippen molar-refractivity contribution < 1.29 is 9.53 Å². The molecule has 2 saturated carbocycles. The number of hydrogen-bond acceptors (Lipinski definition) is 2. The Balaban J connectivity index is 1.99. The van der Waals surface area contributed by atoms with Gasteiger partial charge in [-0.3, -0.25) is 4.79 Å². The van der Waals surface area contributed by atoms with E-state index in [-0.39, 0.29) is 11.9 Å². The van der Waals surface area contributed by atoms with Gasteiger partial charge in [-0.2, -0.15) is 0 Å². The maximum Gasteiger partial charge on any atom is 0.309 e. The van der Waals surface area contributed by atoms with Crippen molar-refractivity contribution in [3.05, 3.63) is 0 Å². The van der Waals surface area contributed by atoms with Crippen molar-refractivity contribution in [3.63, 3.8) is 0 Å². The molecule has 0 aromatic carbocycles. The zero-order valence-corrected chi connectivity index (χ0v) is 9.16. The lowest BCUT2D eigenvalue weighted by Crippen LogP contribution is -2.22. The molecule has 0 spiro atoms. The molecule has 2 heteroatoms. The van der Waals surface area contributed by atoms with Crippen molar-refractivity contribution in [2.75, 3.05) is 6.61 Å². The van der Waals surface area contributed by atoms with Gasteiger partial charge in [-0.25, -0.2) is 0 Å². The van der Waals surface area contributed by atoms with Crippen molar-refractivity contribution in [2.45, 2.75) is 39.5 Å². The summed E-state index contributed by atoms with van der Waals surface area (Å²) in [6.45, 7) is 4.75. The van der Waals surface area contributed by atoms with Crippen LogP contribution in [0, 0.1) is 23.7 Å². The summed E-state index contributed by atoms with van der Waals surface area (Å²) in [4.78, 5) is 11.7. The van der Waals surface area contributed by atoms with E-state index < -0.39 is 0 Å². The molecule has 0 bridgehead atoms. The maximum atomic E-state index is 11.7. The number of rotatable bonds is 2. The van der Waals surface area contributed by atoms with Crippen molar-refractivity contribution in [1.29, 1.82) is 0 Å². The molecule has 2 aliphatic rings. The largest absolute Gasteiger partial charge is 0.466 e. The van der Waals surface area contributed by atoms with Crippen molar-refractivity contribution in [2.24, 2.45) is 23.7 Å². The van der Waals surface area contributed by atoms with Gasteiger partial charge >= 0.3 is 5.97 Å². The Labute approximate surface area is 86.0 Å². The standard InChI is InChI=1S/C12H20O2/c1-3-14-12(13)11-7-6-9-8(2)4-5-10(9)11/h8-11H,3-7H2,1-2H3/t8?,9-,10+,11?/m1/s1. The molecule has 2 fully saturated rings. The third kappa shape index (κ3) is 1.55. The van der Waals surface area contributed by atoms with Crippen LogP contribution < -0.4 is 0 Å². The second-order valence-electron chi connectivity index (χ2n) is 4.82. The molecular weight excluding hydrogens is 176 g/mol. The van der Waals surface area contributed by atoms with Crippen LogP contribution in [0.25, 0.3) is 0 Å². The third-order valence-electron chi connectivity index (χ3n) is 4.15. The van der Waals surface area contributed by atoms with Crippen LogP contribution in [-0.2, 0) is 9.53 Å². The number of esters is 1. The Kier molecular flexibility index (Phi) is 2.80. The van der Waals surface area contributed by atoms with Crippen LogP contribution in [-0.4, -0.2) is 12.6 Å². The fraction of sp³-hybridized carbons (Fsp3) is 0.917. The predicted molar refractivity (Wildman–Crippen MR) is 54.7 cm³/mol. The summed E-state index contributed by atoms with van der Waals surface area (Å²) >= 11 is 0. The van der Waals surface area contributed by atoms with Gasteiger partial charge in [0, 0.05) is 0 Å².